The first kappa shape index (κ1) is 9.73. The van der Waals surface area contributed by atoms with Gasteiger partial charge in [0.05, 0.1) is 0 Å². The Morgan fingerprint density at radius 1 is 1.12 bits per heavy atom. The molecule has 8 heavy (non-hydrogen) atoms. The molecule has 0 aromatic carbocycles. The van der Waals surface area contributed by atoms with Crippen molar-refractivity contribution in [1.29, 1.82) is 0 Å². The lowest BCUT2D eigenvalue weighted by atomic mass is 12.9. The van der Waals surface area contributed by atoms with Crippen LogP contribution in [0.5, 0.6) is 0 Å². The van der Waals surface area contributed by atoms with Crippen LogP contribution in [0.25, 0.3) is 0 Å². The molecule has 0 aromatic rings. The Balaban J connectivity index is 0. The number of hydrogen-bond acceptors (Lipinski definition) is 5. The maximum absolute atomic E-state index is 8.95. The number of halogens is 1. The Hall–Kier alpha value is -1.47. The van der Waals surface area contributed by atoms with Crippen LogP contribution < -0.4 is 0 Å². The van der Waals surface area contributed by atoms with E-state index in [2.05, 4.69) is 4.94 Å². The summed E-state index contributed by atoms with van der Waals surface area (Å²) in [5, 5.41) is 14.9. The molecule has 0 fully saturated rings. The molecule has 0 aliphatic heterocycles. The highest BCUT2D eigenvalue weighted by atomic mass is 19.0. The smallest absolute Gasteiger partial charge is 0.269 e. The summed E-state index contributed by atoms with van der Waals surface area (Å²) in [6.07, 6.45) is 0. The van der Waals surface area contributed by atoms with Gasteiger partial charge in [-0.25, -0.2) is 0 Å². The van der Waals surface area contributed by atoms with E-state index in [1.54, 1.807) is 0 Å². The second-order valence-electron chi connectivity index (χ2n) is 0.529. The molecule has 0 bridgehead atoms. The number of rotatable bonds is 2. The van der Waals surface area contributed by atoms with Crippen LogP contribution in [0.15, 0.2) is 0 Å². The minimum absolute atomic E-state index is 0. The lowest BCUT2D eigenvalue weighted by molar-refractivity contribution is -1.03. The third-order valence-corrected chi connectivity index (χ3v) is 0.133. The lowest BCUT2D eigenvalue weighted by Gasteiger charge is -1.71. The monoisotopic (exact) mass is 128 g/mol. The van der Waals surface area contributed by atoms with Crippen LogP contribution in [-0.4, -0.2) is 10.2 Å². The molecule has 48 valence electrons. The van der Waals surface area contributed by atoms with E-state index in [-0.39, 0.29) is 4.70 Å². The van der Waals surface area contributed by atoms with E-state index in [1.807, 2.05) is 0 Å². The molecule has 0 unspecified atom stereocenters. The van der Waals surface area contributed by atoms with Gasteiger partial charge in [0.15, 0.2) is 0 Å². The average molecular weight is 128 g/mol. The van der Waals surface area contributed by atoms with Gasteiger partial charge in [0.2, 0.25) is 0 Å². The summed E-state index contributed by atoms with van der Waals surface area (Å²) in [5.74, 6) is 0. The maximum atomic E-state index is 8.95. The molecule has 0 saturated carbocycles. The predicted octanol–water partition coefficient (Wildman–Crippen LogP) is -0.461. The highest BCUT2D eigenvalue weighted by Gasteiger charge is 2.05. The van der Waals surface area contributed by atoms with Crippen molar-refractivity contribution < 1.29 is 19.8 Å². The van der Waals surface area contributed by atoms with Gasteiger partial charge in [-0.1, -0.05) is 0 Å². The zero-order chi connectivity index (χ0) is 5.86. The summed E-state index contributed by atoms with van der Waals surface area (Å²) >= 11 is 0. The van der Waals surface area contributed by atoms with Crippen LogP contribution in [-0.2, 0) is 4.94 Å². The standard InChI is InChI=1S/FH.N2O5/c;3-1(4)7-2(5)6/h1H;. The Labute approximate surface area is 41.4 Å². The van der Waals surface area contributed by atoms with Gasteiger partial charge in [0, 0.05) is 4.94 Å². The highest BCUT2D eigenvalue weighted by Crippen LogP contribution is 1.70. The van der Waals surface area contributed by atoms with Crippen molar-refractivity contribution in [2.75, 3.05) is 0 Å². The summed E-state index contributed by atoms with van der Waals surface area (Å²) in [6, 6.07) is 0. The van der Waals surface area contributed by atoms with Crippen molar-refractivity contribution in [3.05, 3.63) is 20.2 Å². The molecule has 0 aliphatic carbocycles. The molecule has 0 atom stereocenters. The first-order valence-corrected chi connectivity index (χ1v) is 1.10. The van der Waals surface area contributed by atoms with Crippen LogP contribution >= 0.6 is 0 Å². The zero-order valence-electron chi connectivity index (χ0n) is 3.34. The van der Waals surface area contributed by atoms with Gasteiger partial charge in [-0.3, -0.25) is 4.70 Å². The summed E-state index contributed by atoms with van der Waals surface area (Å²) < 4.78 is 0. The van der Waals surface area contributed by atoms with Crippen LogP contribution in [0.1, 0.15) is 0 Å². The van der Waals surface area contributed by atoms with Crippen molar-refractivity contribution in [3.63, 3.8) is 0 Å². The largest absolute Gasteiger partial charge is 0.356 e. The van der Waals surface area contributed by atoms with Crippen molar-refractivity contribution in [3.8, 4) is 0 Å². The van der Waals surface area contributed by atoms with Gasteiger partial charge in [0.25, 0.3) is 0 Å². The molecule has 8 heteroatoms. The van der Waals surface area contributed by atoms with Gasteiger partial charge in [-0.2, -0.15) is 0 Å². The van der Waals surface area contributed by atoms with Gasteiger partial charge in [-0.05, 0) is 0 Å². The van der Waals surface area contributed by atoms with Crippen molar-refractivity contribution in [2.45, 2.75) is 0 Å². The molecule has 0 heterocycles. The third-order valence-electron chi connectivity index (χ3n) is 0.133. The first-order valence-electron chi connectivity index (χ1n) is 1.10. The lowest BCUT2D eigenvalue weighted by Crippen LogP contribution is -2.06. The minimum Gasteiger partial charge on any atom is -0.269 e. The van der Waals surface area contributed by atoms with E-state index in [0.29, 0.717) is 0 Å². The zero-order valence-corrected chi connectivity index (χ0v) is 3.34. The van der Waals surface area contributed by atoms with E-state index in [4.69, 9.17) is 20.2 Å². The molecule has 0 aromatic heterocycles. The normalized spacial score (nSPS) is 6.50. The van der Waals surface area contributed by atoms with Crippen LogP contribution in [0.4, 0.5) is 4.70 Å². The van der Waals surface area contributed by atoms with Crippen molar-refractivity contribution in [1.82, 2.24) is 0 Å². The van der Waals surface area contributed by atoms with Gasteiger partial charge in [-0.15, -0.1) is 20.2 Å². The molecular formula is HFN2O5. The van der Waals surface area contributed by atoms with Crippen molar-refractivity contribution in [2.24, 2.45) is 0 Å². The average Bonchev–Trinajstić information content (AvgIpc) is 1.27. The van der Waals surface area contributed by atoms with E-state index in [1.165, 1.54) is 0 Å². The maximum Gasteiger partial charge on any atom is 0.356 e. The summed E-state index contributed by atoms with van der Waals surface area (Å²) in [6.45, 7) is 0. The summed E-state index contributed by atoms with van der Waals surface area (Å²) in [4.78, 5) is 20.6. The van der Waals surface area contributed by atoms with Crippen molar-refractivity contribution >= 4 is 0 Å². The topological polar surface area (TPSA) is 95.5 Å². The summed E-state index contributed by atoms with van der Waals surface area (Å²) in [7, 11) is 0. The van der Waals surface area contributed by atoms with E-state index in [9.17, 15) is 0 Å². The quantitative estimate of drug-likeness (QED) is 0.370. The fraction of sp³-hybridized carbons (Fsp3) is 0. The van der Waals surface area contributed by atoms with Crippen LogP contribution in [0, 0.1) is 20.2 Å². The van der Waals surface area contributed by atoms with E-state index < -0.39 is 10.2 Å². The molecule has 0 N–H and O–H groups in total. The first-order chi connectivity index (χ1) is 3.13. The molecule has 0 saturated heterocycles. The molecule has 0 radical (unpaired) electrons. The molecule has 0 rings (SSSR count). The molecule has 7 nitrogen and oxygen atoms in total. The van der Waals surface area contributed by atoms with E-state index >= 15 is 0 Å². The molecule has 0 amide bonds. The number of nitrogens with zero attached hydrogens (tertiary/aromatic N) is 2. The third kappa shape index (κ3) is 8.82. The van der Waals surface area contributed by atoms with Crippen LogP contribution in [0.2, 0.25) is 0 Å². The Bertz CT molecular complexity index is 86.6. The van der Waals surface area contributed by atoms with Crippen LogP contribution in [0.3, 0.4) is 0 Å². The Morgan fingerprint density at radius 2 is 1.38 bits per heavy atom. The summed E-state index contributed by atoms with van der Waals surface area (Å²) in [5.41, 5.74) is 0. The Morgan fingerprint density at radius 3 is 1.38 bits per heavy atom. The van der Waals surface area contributed by atoms with Gasteiger partial charge in [0.1, 0.15) is 0 Å². The molecular weight excluding hydrogens is 127 g/mol. The second kappa shape index (κ2) is 3.71. The second-order valence-corrected chi connectivity index (χ2v) is 0.529. The predicted molar refractivity (Wildman–Crippen MR) is 17.6 cm³/mol. The highest BCUT2D eigenvalue weighted by molar-refractivity contribution is 3.89. The fourth-order valence-electron chi connectivity index (χ4n) is 0.0544. The molecule has 0 aliphatic rings. The molecule has 0 spiro atoms. The van der Waals surface area contributed by atoms with E-state index in [0.717, 1.165) is 0 Å². The SMILES string of the molecule is F.O=[N+]([O-])O[N+](=O)[O-]. The fourth-order valence-corrected chi connectivity index (χ4v) is 0.0544. The number of hydrogen-bond donors (Lipinski definition) is 0. The van der Waals surface area contributed by atoms with Gasteiger partial charge >= 0.3 is 10.2 Å². The minimum atomic E-state index is -1.50. The Kier molecular flexibility index (Phi) is 4.51. The van der Waals surface area contributed by atoms with Gasteiger partial charge < -0.3 is 0 Å².